The van der Waals surface area contributed by atoms with E-state index in [1.54, 1.807) is 6.92 Å². The molecule has 0 aromatic carbocycles. The second-order valence-electron chi connectivity index (χ2n) is 5.66. The smallest absolute Gasteiger partial charge is 0.350 e. The third-order valence-corrected chi connectivity index (χ3v) is 4.93. The quantitative estimate of drug-likeness (QED) is 0.868. The molecule has 0 radical (unpaired) electrons. The summed E-state index contributed by atoms with van der Waals surface area (Å²) in [5, 5.41) is 3.79. The number of hydrogen-bond acceptors (Lipinski definition) is 5. The molecule has 1 aromatic rings. The number of nitrogens with one attached hydrogen (secondary N) is 1. The SMILES string of the molecule is Cc1nc(C)c(C(=O)OCC(=O)N[C@H]2CCCC[C@H]2C)s1. The lowest BCUT2D eigenvalue weighted by Crippen LogP contribution is -2.42. The van der Waals surface area contributed by atoms with Gasteiger partial charge in [-0.2, -0.15) is 0 Å². The highest BCUT2D eigenvalue weighted by atomic mass is 32.1. The van der Waals surface area contributed by atoms with Crippen LogP contribution in [0.5, 0.6) is 0 Å². The fourth-order valence-electron chi connectivity index (χ4n) is 2.70. The molecule has 0 unspecified atom stereocenters. The Balaban J connectivity index is 1.81. The van der Waals surface area contributed by atoms with E-state index in [2.05, 4.69) is 17.2 Å². The molecule has 1 aliphatic rings. The van der Waals surface area contributed by atoms with Crippen molar-refractivity contribution >= 4 is 23.2 Å². The Labute approximate surface area is 129 Å². The number of esters is 1. The fraction of sp³-hybridized carbons (Fsp3) is 0.667. The van der Waals surface area contributed by atoms with Crippen LogP contribution in [0.4, 0.5) is 0 Å². The molecule has 116 valence electrons. The van der Waals surface area contributed by atoms with Gasteiger partial charge in [-0.15, -0.1) is 11.3 Å². The van der Waals surface area contributed by atoms with Crippen molar-refractivity contribution in [3.63, 3.8) is 0 Å². The topological polar surface area (TPSA) is 68.3 Å². The number of amides is 1. The summed E-state index contributed by atoms with van der Waals surface area (Å²) in [5.74, 6) is -0.198. The number of rotatable bonds is 4. The fourth-order valence-corrected chi connectivity index (χ4v) is 3.51. The van der Waals surface area contributed by atoms with Crippen LogP contribution >= 0.6 is 11.3 Å². The maximum absolute atomic E-state index is 11.9. The van der Waals surface area contributed by atoms with E-state index in [4.69, 9.17) is 4.74 Å². The first kappa shape index (κ1) is 15.9. The largest absolute Gasteiger partial charge is 0.451 e. The summed E-state index contributed by atoms with van der Waals surface area (Å²) in [6.45, 7) is 5.54. The maximum atomic E-state index is 11.9. The van der Waals surface area contributed by atoms with Gasteiger partial charge in [0.05, 0.1) is 10.7 Å². The highest BCUT2D eigenvalue weighted by molar-refractivity contribution is 7.13. The molecule has 1 fully saturated rings. The minimum Gasteiger partial charge on any atom is -0.451 e. The van der Waals surface area contributed by atoms with Gasteiger partial charge in [0.25, 0.3) is 5.91 Å². The molecule has 1 heterocycles. The third-order valence-electron chi connectivity index (χ3n) is 3.88. The van der Waals surface area contributed by atoms with E-state index in [-0.39, 0.29) is 18.6 Å². The Hall–Kier alpha value is -1.43. The van der Waals surface area contributed by atoms with Crippen molar-refractivity contribution in [3.05, 3.63) is 15.6 Å². The van der Waals surface area contributed by atoms with Crippen molar-refractivity contribution in [1.82, 2.24) is 10.3 Å². The van der Waals surface area contributed by atoms with Crippen molar-refractivity contribution in [3.8, 4) is 0 Å². The number of hydrogen-bond donors (Lipinski definition) is 1. The van der Waals surface area contributed by atoms with Gasteiger partial charge in [0, 0.05) is 6.04 Å². The zero-order chi connectivity index (χ0) is 15.4. The molecule has 2 atom stereocenters. The normalized spacial score (nSPS) is 21.9. The summed E-state index contributed by atoms with van der Waals surface area (Å²) >= 11 is 1.29. The molecule has 21 heavy (non-hydrogen) atoms. The highest BCUT2D eigenvalue weighted by Gasteiger charge is 2.23. The second-order valence-corrected chi connectivity index (χ2v) is 6.86. The van der Waals surface area contributed by atoms with Gasteiger partial charge in [0.1, 0.15) is 4.88 Å². The summed E-state index contributed by atoms with van der Waals surface area (Å²) in [6, 6.07) is 0.206. The lowest BCUT2D eigenvalue weighted by molar-refractivity contribution is -0.125. The molecule has 1 saturated carbocycles. The van der Waals surface area contributed by atoms with E-state index < -0.39 is 5.97 Å². The molecule has 1 aliphatic carbocycles. The van der Waals surface area contributed by atoms with Crippen LogP contribution in [0, 0.1) is 19.8 Å². The lowest BCUT2D eigenvalue weighted by Gasteiger charge is -2.29. The number of aromatic nitrogens is 1. The number of aryl methyl sites for hydroxylation is 2. The molecule has 2 rings (SSSR count). The first-order valence-electron chi connectivity index (χ1n) is 7.38. The third kappa shape index (κ3) is 4.27. The van der Waals surface area contributed by atoms with Crippen molar-refractivity contribution < 1.29 is 14.3 Å². The summed E-state index contributed by atoms with van der Waals surface area (Å²) in [4.78, 5) is 28.4. The van der Waals surface area contributed by atoms with Gasteiger partial charge in [-0.05, 0) is 32.6 Å². The summed E-state index contributed by atoms with van der Waals surface area (Å²) < 4.78 is 5.08. The molecule has 0 bridgehead atoms. The monoisotopic (exact) mass is 310 g/mol. The lowest BCUT2D eigenvalue weighted by atomic mass is 9.86. The average molecular weight is 310 g/mol. The molecule has 1 amide bonds. The number of carbonyl (C=O) groups excluding carboxylic acids is 2. The minimum absolute atomic E-state index is 0.206. The standard InChI is InChI=1S/C15H22N2O3S/c1-9-6-4-5-7-12(9)17-13(18)8-20-15(19)14-10(2)16-11(3)21-14/h9,12H,4-8H2,1-3H3,(H,17,18)/t9-,12+/m1/s1. The van der Waals surface area contributed by atoms with E-state index >= 15 is 0 Å². The first-order valence-corrected chi connectivity index (χ1v) is 8.19. The molecular formula is C15H22N2O3S. The zero-order valence-corrected chi connectivity index (χ0v) is 13.6. The van der Waals surface area contributed by atoms with Gasteiger partial charge in [-0.25, -0.2) is 9.78 Å². The van der Waals surface area contributed by atoms with E-state index in [0.717, 1.165) is 24.3 Å². The van der Waals surface area contributed by atoms with Crippen molar-refractivity contribution in [2.45, 2.75) is 52.5 Å². The van der Waals surface area contributed by atoms with Gasteiger partial charge < -0.3 is 10.1 Å². The molecule has 0 spiro atoms. The molecule has 0 aliphatic heterocycles. The van der Waals surface area contributed by atoms with Crippen molar-refractivity contribution in [2.24, 2.45) is 5.92 Å². The van der Waals surface area contributed by atoms with Crippen LogP contribution in [0.15, 0.2) is 0 Å². The van der Waals surface area contributed by atoms with Gasteiger partial charge in [-0.1, -0.05) is 19.8 Å². The van der Waals surface area contributed by atoms with Crippen molar-refractivity contribution in [1.29, 1.82) is 0 Å². The van der Waals surface area contributed by atoms with Crippen LogP contribution in [0.2, 0.25) is 0 Å². The maximum Gasteiger partial charge on any atom is 0.350 e. The molecule has 0 saturated heterocycles. The predicted molar refractivity (Wildman–Crippen MR) is 81.4 cm³/mol. The van der Waals surface area contributed by atoms with E-state index in [9.17, 15) is 9.59 Å². The van der Waals surface area contributed by atoms with Crippen LogP contribution in [0.25, 0.3) is 0 Å². The predicted octanol–water partition coefficient (Wildman–Crippen LogP) is 2.61. The van der Waals surface area contributed by atoms with Crippen LogP contribution in [-0.2, 0) is 9.53 Å². The molecular weight excluding hydrogens is 288 g/mol. The summed E-state index contributed by atoms with van der Waals surface area (Å²) in [6.07, 6.45) is 4.53. The van der Waals surface area contributed by atoms with Crippen LogP contribution in [0.3, 0.4) is 0 Å². The number of carbonyl (C=O) groups is 2. The molecule has 1 aromatic heterocycles. The second kappa shape index (κ2) is 7.02. The van der Waals surface area contributed by atoms with Crippen LogP contribution < -0.4 is 5.32 Å². The number of ether oxygens (including phenoxy) is 1. The Morgan fingerprint density at radius 2 is 2.05 bits per heavy atom. The Kier molecular flexibility index (Phi) is 5.33. The molecule has 6 heteroatoms. The molecule has 1 N–H and O–H groups in total. The summed E-state index contributed by atoms with van der Waals surface area (Å²) in [5.41, 5.74) is 0.656. The Morgan fingerprint density at radius 3 is 2.67 bits per heavy atom. The van der Waals surface area contributed by atoms with E-state index in [1.807, 2.05) is 6.92 Å². The Morgan fingerprint density at radius 1 is 1.33 bits per heavy atom. The Bertz CT molecular complexity index is 527. The number of thiazole rings is 1. The van der Waals surface area contributed by atoms with Crippen LogP contribution in [-0.4, -0.2) is 29.5 Å². The average Bonchev–Trinajstić information content (AvgIpc) is 2.78. The van der Waals surface area contributed by atoms with E-state index in [0.29, 0.717) is 16.5 Å². The minimum atomic E-state index is -0.468. The van der Waals surface area contributed by atoms with Gasteiger partial charge >= 0.3 is 5.97 Å². The van der Waals surface area contributed by atoms with Gasteiger partial charge in [0.15, 0.2) is 6.61 Å². The van der Waals surface area contributed by atoms with Crippen molar-refractivity contribution in [2.75, 3.05) is 6.61 Å². The highest BCUT2D eigenvalue weighted by Crippen LogP contribution is 2.23. The van der Waals surface area contributed by atoms with E-state index in [1.165, 1.54) is 17.8 Å². The molecule has 5 nitrogen and oxygen atoms in total. The van der Waals surface area contributed by atoms with Gasteiger partial charge in [0.2, 0.25) is 0 Å². The zero-order valence-electron chi connectivity index (χ0n) is 12.8. The number of nitrogens with zero attached hydrogens (tertiary/aromatic N) is 1. The van der Waals surface area contributed by atoms with Gasteiger partial charge in [-0.3, -0.25) is 4.79 Å². The summed E-state index contributed by atoms with van der Waals surface area (Å²) in [7, 11) is 0. The first-order chi connectivity index (χ1) is 9.97. The van der Waals surface area contributed by atoms with Crippen LogP contribution in [0.1, 0.15) is 53.0 Å².